The Morgan fingerprint density at radius 2 is 1.61 bits per heavy atom. The molecule has 6 heteroatoms. The van der Waals surface area contributed by atoms with Crippen molar-refractivity contribution in [3.63, 3.8) is 0 Å². The third kappa shape index (κ3) is 14.7. The maximum atomic E-state index is 10.5. The summed E-state index contributed by atoms with van der Waals surface area (Å²) in [6.07, 6.45) is 4.54. The van der Waals surface area contributed by atoms with Crippen LogP contribution in [0.3, 0.4) is 0 Å². The summed E-state index contributed by atoms with van der Waals surface area (Å²) in [5.41, 5.74) is -0.190. The molecule has 0 saturated heterocycles. The van der Waals surface area contributed by atoms with E-state index in [1.807, 2.05) is 0 Å². The summed E-state index contributed by atoms with van der Waals surface area (Å²) in [6, 6.07) is 0. The van der Waals surface area contributed by atoms with Crippen LogP contribution in [0.4, 0.5) is 0 Å². The van der Waals surface area contributed by atoms with Crippen molar-refractivity contribution in [1.82, 2.24) is 0 Å². The maximum Gasteiger partial charge on any atom is 1.00 e. The fraction of sp³-hybridized carbons (Fsp3) is 0.667. The first-order chi connectivity index (χ1) is 7.43. The molecule has 0 aliphatic rings. The standard InChI is InChI=1S/C12H20O4.2Na/c1-9(2)6-4-3-5-7-10(12(15)16)8-11(13)14;;/h8-9H,3-7H2,1-2H3,(H,13,14)(H,15,16);;/q;2*+1/p-2. The van der Waals surface area contributed by atoms with Crippen LogP contribution in [0.5, 0.6) is 0 Å². The summed E-state index contributed by atoms with van der Waals surface area (Å²) in [7, 11) is 0. The fourth-order valence-electron chi connectivity index (χ4n) is 1.42. The molecule has 0 aromatic heterocycles. The van der Waals surface area contributed by atoms with Crippen LogP contribution >= 0.6 is 0 Å². The predicted octanol–water partition coefficient (Wildman–Crippen LogP) is -5.97. The first-order valence-electron chi connectivity index (χ1n) is 5.56. The second-order valence-corrected chi connectivity index (χ2v) is 4.27. The number of hydrogen-bond donors (Lipinski definition) is 0. The van der Waals surface area contributed by atoms with E-state index in [9.17, 15) is 19.8 Å². The molecule has 0 aliphatic heterocycles. The predicted molar refractivity (Wildman–Crippen MR) is 56.0 cm³/mol. The average molecular weight is 272 g/mol. The molecule has 0 spiro atoms. The van der Waals surface area contributed by atoms with Crippen LogP contribution in [-0.4, -0.2) is 11.9 Å². The third-order valence-corrected chi connectivity index (χ3v) is 2.28. The van der Waals surface area contributed by atoms with E-state index in [1.54, 1.807) is 0 Å². The minimum absolute atomic E-state index is 0. The number of carbonyl (C=O) groups is 2. The van der Waals surface area contributed by atoms with E-state index >= 15 is 0 Å². The zero-order valence-electron chi connectivity index (χ0n) is 11.8. The van der Waals surface area contributed by atoms with Gasteiger partial charge >= 0.3 is 59.1 Å². The smallest absolute Gasteiger partial charge is 0.545 e. The Labute approximate surface area is 153 Å². The number of carbonyl (C=O) groups excluding carboxylic acids is 2. The average Bonchev–Trinajstić information content (AvgIpc) is 2.14. The molecule has 0 bridgehead atoms. The van der Waals surface area contributed by atoms with Gasteiger partial charge in [0, 0.05) is 0 Å². The van der Waals surface area contributed by atoms with Crippen LogP contribution in [0.25, 0.3) is 0 Å². The largest absolute Gasteiger partial charge is 1.00 e. The van der Waals surface area contributed by atoms with Gasteiger partial charge in [-0.1, -0.05) is 33.1 Å². The molecular formula is C12H18Na2O4. The molecule has 0 aromatic carbocycles. The molecule has 4 nitrogen and oxygen atoms in total. The van der Waals surface area contributed by atoms with Crippen LogP contribution in [0.2, 0.25) is 0 Å². The molecule has 0 aromatic rings. The molecule has 0 heterocycles. The Bertz CT molecular complexity index is 275. The maximum absolute atomic E-state index is 10.5. The van der Waals surface area contributed by atoms with Crippen molar-refractivity contribution >= 4 is 11.9 Å². The zero-order chi connectivity index (χ0) is 12.6. The normalized spacial score (nSPS) is 10.5. The number of carboxylic acid groups (broad SMARTS) is 2. The van der Waals surface area contributed by atoms with E-state index in [0.29, 0.717) is 18.4 Å². The minimum atomic E-state index is -1.48. The zero-order valence-corrected chi connectivity index (χ0v) is 15.8. The van der Waals surface area contributed by atoms with Crippen LogP contribution in [0.1, 0.15) is 46.0 Å². The van der Waals surface area contributed by atoms with Gasteiger partial charge in [-0.25, -0.2) is 0 Å². The van der Waals surface area contributed by atoms with Gasteiger partial charge in [-0.2, -0.15) is 0 Å². The van der Waals surface area contributed by atoms with Crippen LogP contribution in [0.15, 0.2) is 11.6 Å². The fourth-order valence-corrected chi connectivity index (χ4v) is 1.42. The van der Waals surface area contributed by atoms with Crippen LogP contribution in [-0.2, 0) is 9.59 Å². The first-order valence-corrected chi connectivity index (χ1v) is 5.56. The van der Waals surface area contributed by atoms with Gasteiger partial charge in [0.2, 0.25) is 0 Å². The third-order valence-electron chi connectivity index (χ3n) is 2.28. The van der Waals surface area contributed by atoms with Crippen molar-refractivity contribution in [2.45, 2.75) is 46.0 Å². The Morgan fingerprint density at radius 3 is 2.00 bits per heavy atom. The van der Waals surface area contributed by atoms with Crippen molar-refractivity contribution in [3.05, 3.63) is 11.6 Å². The Kier molecular flexibility index (Phi) is 18.6. The quantitative estimate of drug-likeness (QED) is 0.250. The molecule has 0 radical (unpaired) electrons. The van der Waals surface area contributed by atoms with Crippen molar-refractivity contribution in [2.24, 2.45) is 5.92 Å². The van der Waals surface area contributed by atoms with Gasteiger partial charge in [0.05, 0.1) is 11.9 Å². The number of carboxylic acids is 2. The van der Waals surface area contributed by atoms with Gasteiger partial charge in [-0.05, 0) is 30.4 Å². The molecule has 0 unspecified atom stereocenters. The molecule has 0 aliphatic carbocycles. The molecule has 0 amide bonds. The van der Waals surface area contributed by atoms with Gasteiger partial charge < -0.3 is 19.8 Å². The minimum Gasteiger partial charge on any atom is -0.545 e. The molecule has 0 saturated carbocycles. The van der Waals surface area contributed by atoms with Crippen LogP contribution in [0, 0.1) is 5.92 Å². The summed E-state index contributed by atoms with van der Waals surface area (Å²) < 4.78 is 0. The van der Waals surface area contributed by atoms with Crippen molar-refractivity contribution in [2.75, 3.05) is 0 Å². The van der Waals surface area contributed by atoms with Crippen LogP contribution < -0.4 is 69.3 Å². The van der Waals surface area contributed by atoms with Crippen molar-refractivity contribution in [3.8, 4) is 0 Å². The molecule has 0 atom stereocenters. The van der Waals surface area contributed by atoms with Crippen molar-refractivity contribution < 1.29 is 78.9 Å². The number of hydrogen-bond acceptors (Lipinski definition) is 4. The van der Waals surface area contributed by atoms with Gasteiger partial charge in [0.15, 0.2) is 0 Å². The number of unbranched alkanes of at least 4 members (excludes halogenated alkanes) is 2. The molecule has 0 fully saturated rings. The Hall–Kier alpha value is 0.680. The second-order valence-electron chi connectivity index (χ2n) is 4.27. The topological polar surface area (TPSA) is 80.3 Å². The monoisotopic (exact) mass is 272 g/mol. The summed E-state index contributed by atoms with van der Waals surface area (Å²) in [5, 5.41) is 20.8. The number of rotatable bonds is 8. The summed E-state index contributed by atoms with van der Waals surface area (Å²) in [4.78, 5) is 20.8. The molecule has 92 valence electrons. The summed E-state index contributed by atoms with van der Waals surface area (Å²) >= 11 is 0. The summed E-state index contributed by atoms with van der Waals surface area (Å²) in [6.45, 7) is 4.26. The van der Waals surface area contributed by atoms with E-state index in [-0.39, 0.29) is 71.1 Å². The van der Waals surface area contributed by atoms with E-state index in [4.69, 9.17) is 0 Å². The van der Waals surface area contributed by atoms with E-state index in [0.717, 1.165) is 19.3 Å². The number of aliphatic carboxylic acids is 2. The Morgan fingerprint density at radius 1 is 1.06 bits per heavy atom. The SMILES string of the molecule is CC(C)CCCCCC(=CC(=O)[O-])C(=O)[O-].[Na+].[Na+]. The van der Waals surface area contributed by atoms with E-state index < -0.39 is 11.9 Å². The first kappa shape index (κ1) is 23.7. The molecule has 18 heavy (non-hydrogen) atoms. The molecule has 0 rings (SSSR count). The van der Waals surface area contributed by atoms with Gasteiger partial charge in [0.25, 0.3) is 0 Å². The Balaban J connectivity index is -0.00000112. The molecular weight excluding hydrogens is 254 g/mol. The summed E-state index contributed by atoms with van der Waals surface area (Å²) in [5.74, 6) is -2.27. The van der Waals surface area contributed by atoms with Gasteiger partial charge in [-0.3, -0.25) is 0 Å². The van der Waals surface area contributed by atoms with E-state index in [2.05, 4.69) is 13.8 Å². The van der Waals surface area contributed by atoms with E-state index in [1.165, 1.54) is 0 Å². The van der Waals surface area contributed by atoms with Gasteiger partial charge in [0.1, 0.15) is 0 Å². The van der Waals surface area contributed by atoms with Gasteiger partial charge in [-0.15, -0.1) is 0 Å². The van der Waals surface area contributed by atoms with Crippen molar-refractivity contribution in [1.29, 1.82) is 0 Å². The second kappa shape index (κ2) is 14.1. The molecule has 0 N–H and O–H groups in total.